The van der Waals surface area contributed by atoms with Gasteiger partial charge in [0.05, 0.1) is 0 Å². The first kappa shape index (κ1) is 8.23. The Kier molecular flexibility index (Phi) is 1.79. The van der Waals surface area contributed by atoms with Crippen LogP contribution in [0, 0.1) is 5.82 Å². The second-order valence-electron chi connectivity index (χ2n) is 3.37. The molecule has 0 atom stereocenters. The lowest BCUT2D eigenvalue weighted by Crippen LogP contribution is -2.13. The van der Waals surface area contributed by atoms with Crippen LogP contribution < -0.4 is 5.73 Å². The number of rotatable bonds is 2. The maximum absolute atomic E-state index is 12.8. The SMILES string of the molecule is NC(=O)c1cc(F)ccc1C1CC1. The predicted octanol–water partition coefficient (Wildman–Crippen LogP) is 1.80. The molecular weight excluding hydrogens is 169 g/mol. The molecule has 1 aromatic rings. The molecule has 0 saturated heterocycles. The normalized spacial score (nSPS) is 15.8. The second-order valence-corrected chi connectivity index (χ2v) is 3.37. The van der Waals surface area contributed by atoms with Crippen molar-refractivity contribution in [3.63, 3.8) is 0 Å². The third-order valence-electron chi connectivity index (χ3n) is 2.30. The molecule has 0 spiro atoms. The van der Waals surface area contributed by atoms with Crippen molar-refractivity contribution in [2.45, 2.75) is 18.8 Å². The monoisotopic (exact) mass is 179 g/mol. The molecular formula is C10H10FNO. The molecule has 2 N–H and O–H groups in total. The molecule has 0 aromatic heterocycles. The van der Waals surface area contributed by atoms with E-state index < -0.39 is 11.7 Å². The minimum absolute atomic E-state index is 0.336. The van der Waals surface area contributed by atoms with Crippen LogP contribution in [-0.2, 0) is 0 Å². The highest BCUT2D eigenvalue weighted by Gasteiger charge is 2.27. The number of carbonyl (C=O) groups is 1. The molecule has 2 rings (SSSR count). The Hall–Kier alpha value is -1.38. The van der Waals surface area contributed by atoms with Crippen LogP contribution in [0.25, 0.3) is 0 Å². The number of primary amides is 1. The number of benzene rings is 1. The number of halogens is 1. The van der Waals surface area contributed by atoms with Gasteiger partial charge in [-0.2, -0.15) is 0 Å². The highest BCUT2D eigenvalue weighted by molar-refractivity contribution is 5.94. The van der Waals surface area contributed by atoms with Gasteiger partial charge in [0.1, 0.15) is 5.82 Å². The van der Waals surface area contributed by atoms with Crippen molar-refractivity contribution in [1.29, 1.82) is 0 Å². The van der Waals surface area contributed by atoms with Gasteiger partial charge in [-0.25, -0.2) is 4.39 Å². The summed E-state index contributed by atoms with van der Waals surface area (Å²) in [7, 11) is 0. The van der Waals surface area contributed by atoms with Crippen molar-refractivity contribution < 1.29 is 9.18 Å². The van der Waals surface area contributed by atoms with Crippen LogP contribution in [0.5, 0.6) is 0 Å². The summed E-state index contributed by atoms with van der Waals surface area (Å²) in [6.45, 7) is 0. The van der Waals surface area contributed by atoms with E-state index in [4.69, 9.17) is 5.73 Å². The lowest BCUT2D eigenvalue weighted by atomic mass is 10.0. The molecule has 13 heavy (non-hydrogen) atoms. The minimum atomic E-state index is -0.540. The first-order valence-electron chi connectivity index (χ1n) is 4.27. The first-order valence-corrected chi connectivity index (χ1v) is 4.27. The summed E-state index contributed by atoms with van der Waals surface area (Å²) < 4.78 is 12.8. The van der Waals surface area contributed by atoms with E-state index in [-0.39, 0.29) is 0 Å². The van der Waals surface area contributed by atoms with Gasteiger partial charge in [0.25, 0.3) is 0 Å². The highest BCUT2D eigenvalue weighted by Crippen LogP contribution is 2.41. The fourth-order valence-electron chi connectivity index (χ4n) is 1.49. The topological polar surface area (TPSA) is 43.1 Å². The smallest absolute Gasteiger partial charge is 0.249 e. The molecule has 1 aromatic carbocycles. The summed E-state index contributed by atoms with van der Waals surface area (Å²) in [4.78, 5) is 11.0. The van der Waals surface area contributed by atoms with Gasteiger partial charge in [0.2, 0.25) is 5.91 Å². The standard InChI is InChI=1S/C10H10FNO/c11-7-3-4-8(6-1-2-6)9(5-7)10(12)13/h3-6H,1-2H2,(H2,12,13). The number of carbonyl (C=O) groups excluding carboxylic acids is 1. The van der Waals surface area contributed by atoms with Crippen molar-refractivity contribution in [2.75, 3.05) is 0 Å². The van der Waals surface area contributed by atoms with Crippen LogP contribution in [0.3, 0.4) is 0 Å². The van der Waals surface area contributed by atoms with E-state index in [9.17, 15) is 9.18 Å². The summed E-state index contributed by atoms with van der Waals surface area (Å²) in [5, 5.41) is 0. The average Bonchev–Trinajstić information content (AvgIpc) is 2.87. The zero-order valence-corrected chi connectivity index (χ0v) is 7.09. The molecule has 2 nitrogen and oxygen atoms in total. The Morgan fingerprint density at radius 2 is 2.15 bits per heavy atom. The quantitative estimate of drug-likeness (QED) is 0.739. The Labute approximate surface area is 75.6 Å². The van der Waals surface area contributed by atoms with E-state index in [2.05, 4.69) is 0 Å². The minimum Gasteiger partial charge on any atom is -0.366 e. The van der Waals surface area contributed by atoms with Crippen molar-refractivity contribution in [2.24, 2.45) is 5.73 Å². The lowest BCUT2D eigenvalue weighted by molar-refractivity contribution is 0.0999. The van der Waals surface area contributed by atoms with E-state index in [0.29, 0.717) is 11.5 Å². The number of hydrogen-bond acceptors (Lipinski definition) is 1. The van der Waals surface area contributed by atoms with Crippen LogP contribution in [0.1, 0.15) is 34.7 Å². The van der Waals surface area contributed by atoms with Crippen molar-refractivity contribution in [1.82, 2.24) is 0 Å². The molecule has 68 valence electrons. The van der Waals surface area contributed by atoms with Gasteiger partial charge in [-0.05, 0) is 36.5 Å². The van der Waals surface area contributed by atoms with Crippen LogP contribution in [0.15, 0.2) is 18.2 Å². The van der Waals surface area contributed by atoms with Crippen LogP contribution >= 0.6 is 0 Å². The van der Waals surface area contributed by atoms with Gasteiger partial charge in [0.15, 0.2) is 0 Å². The Morgan fingerprint density at radius 1 is 1.46 bits per heavy atom. The molecule has 0 radical (unpaired) electrons. The summed E-state index contributed by atoms with van der Waals surface area (Å²) in [5.41, 5.74) is 6.38. The van der Waals surface area contributed by atoms with E-state index >= 15 is 0 Å². The van der Waals surface area contributed by atoms with Gasteiger partial charge in [-0.1, -0.05) is 6.07 Å². The van der Waals surface area contributed by atoms with E-state index in [0.717, 1.165) is 18.4 Å². The fourth-order valence-corrected chi connectivity index (χ4v) is 1.49. The highest BCUT2D eigenvalue weighted by atomic mass is 19.1. The Bertz CT molecular complexity index is 358. The molecule has 0 unspecified atom stereocenters. The largest absolute Gasteiger partial charge is 0.366 e. The van der Waals surface area contributed by atoms with Crippen molar-refractivity contribution >= 4 is 5.91 Å². The average molecular weight is 179 g/mol. The first-order chi connectivity index (χ1) is 6.18. The third-order valence-corrected chi connectivity index (χ3v) is 2.30. The Balaban J connectivity index is 2.47. The van der Waals surface area contributed by atoms with Crippen LogP contribution in [-0.4, -0.2) is 5.91 Å². The summed E-state index contributed by atoms with van der Waals surface area (Å²) in [6.07, 6.45) is 2.15. The predicted molar refractivity (Wildman–Crippen MR) is 46.9 cm³/mol. The molecule has 1 aliphatic rings. The molecule has 0 bridgehead atoms. The third kappa shape index (κ3) is 1.54. The van der Waals surface area contributed by atoms with Gasteiger partial charge < -0.3 is 5.73 Å². The molecule has 1 saturated carbocycles. The van der Waals surface area contributed by atoms with Gasteiger partial charge in [0, 0.05) is 5.56 Å². The van der Waals surface area contributed by atoms with Crippen LogP contribution in [0.4, 0.5) is 4.39 Å². The van der Waals surface area contributed by atoms with Crippen LogP contribution in [0.2, 0.25) is 0 Å². The second kappa shape index (κ2) is 2.83. The Morgan fingerprint density at radius 3 is 2.69 bits per heavy atom. The van der Waals surface area contributed by atoms with E-state index in [1.807, 2.05) is 0 Å². The molecule has 1 aliphatic carbocycles. The molecule has 0 aliphatic heterocycles. The molecule has 1 fully saturated rings. The maximum atomic E-state index is 12.8. The van der Waals surface area contributed by atoms with Crippen molar-refractivity contribution in [3.05, 3.63) is 35.1 Å². The summed E-state index contributed by atoms with van der Waals surface area (Å²) in [5.74, 6) is -0.525. The van der Waals surface area contributed by atoms with E-state index in [1.54, 1.807) is 6.07 Å². The molecule has 1 amide bonds. The zero-order chi connectivity index (χ0) is 9.42. The number of hydrogen-bond donors (Lipinski definition) is 1. The van der Waals surface area contributed by atoms with Gasteiger partial charge >= 0.3 is 0 Å². The van der Waals surface area contributed by atoms with Gasteiger partial charge in [-0.3, -0.25) is 4.79 Å². The van der Waals surface area contributed by atoms with Gasteiger partial charge in [-0.15, -0.1) is 0 Å². The zero-order valence-electron chi connectivity index (χ0n) is 7.09. The summed E-state index contributed by atoms with van der Waals surface area (Å²) in [6, 6.07) is 4.25. The van der Waals surface area contributed by atoms with E-state index in [1.165, 1.54) is 12.1 Å². The maximum Gasteiger partial charge on any atom is 0.249 e. The number of amides is 1. The number of nitrogens with two attached hydrogens (primary N) is 1. The molecule has 0 heterocycles. The fraction of sp³-hybridized carbons (Fsp3) is 0.300. The van der Waals surface area contributed by atoms with Crippen molar-refractivity contribution in [3.8, 4) is 0 Å². The summed E-state index contributed by atoms with van der Waals surface area (Å²) >= 11 is 0. The molecule has 3 heteroatoms. The lowest BCUT2D eigenvalue weighted by Gasteiger charge is -2.04.